The van der Waals surface area contributed by atoms with Crippen LogP contribution in [0.1, 0.15) is 27.7 Å². The first kappa shape index (κ1) is 10.2. The third kappa shape index (κ3) is 3.17. The molecule has 1 aliphatic heterocycles. The molecule has 1 aliphatic rings. The summed E-state index contributed by atoms with van der Waals surface area (Å²) in [4.78, 5) is 4.56. The van der Waals surface area contributed by atoms with Crippen molar-refractivity contribution in [3.8, 4) is 0 Å². The number of rotatable bonds is 0. The smallest absolute Gasteiger partial charge is 0.0730 e. The van der Waals surface area contributed by atoms with E-state index in [1.807, 2.05) is 0 Å². The maximum Gasteiger partial charge on any atom is 0.0730 e. The molecule has 13 heavy (non-hydrogen) atoms. The van der Waals surface area contributed by atoms with E-state index in [0.717, 1.165) is 0 Å². The van der Waals surface area contributed by atoms with Gasteiger partial charge in [-0.1, -0.05) is 38.2 Å². The number of aliphatic imine (C=N–C) groups is 1. The highest BCUT2D eigenvalue weighted by atomic mass is 14.8. The summed E-state index contributed by atoms with van der Waals surface area (Å²) in [6.45, 7) is 8.67. The van der Waals surface area contributed by atoms with Gasteiger partial charge in [0.25, 0.3) is 0 Å². The van der Waals surface area contributed by atoms with E-state index in [0.29, 0.717) is 11.8 Å². The standard InChI is InChI=1S/C12H19N/c1-10-7-5-6-8-12(3,4)13-9-11(10)2/h5-11H,1-4H3/b7-5-,8-6-,13-9?. The Balaban J connectivity index is 2.88. The van der Waals surface area contributed by atoms with Crippen molar-refractivity contribution in [3.05, 3.63) is 24.3 Å². The fourth-order valence-corrected chi connectivity index (χ4v) is 1.19. The summed E-state index contributed by atoms with van der Waals surface area (Å²) in [5.74, 6) is 1.10. The highest BCUT2D eigenvalue weighted by molar-refractivity contribution is 5.62. The zero-order valence-corrected chi connectivity index (χ0v) is 8.99. The maximum absolute atomic E-state index is 4.56. The first-order chi connectivity index (χ1) is 6.01. The highest BCUT2D eigenvalue weighted by Gasteiger charge is 2.13. The van der Waals surface area contributed by atoms with Gasteiger partial charge in [0, 0.05) is 6.21 Å². The molecule has 1 nitrogen and oxygen atoms in total. The Morgan fingerprint density at radius 2 is 1.77 bits per heavy atom. The average molecular weight is 177 g/mol. The summed E-state index contributed by atoms with van der Waals surface area (Å²) in [6.07, 6.45) is 10.6. The molecule has 0 saturated heterocycles. The molecular formula is C12H19N. The van der Waals surface area contributed by atoms with Crippen LogP contribution in [-0.4, -0.2) is 11.8 Å². The van der Waals surface area contributed by atoms with Gasteiger partial charge in [0.05, 0.1) is 5.54 Å². The van der Waals surface area contributed by atoms with Gasteiger partial charge in [-0.05, 0) is 25.7 Å². The van der Waals surface area contributed by atoms with E-state index in [-0.39, 0.29) is 5.54 Å². The fourth-order valence-electron chi connectivity index (χ4n) is 1.19. The van der Waals surface area contributed by atoms with Gasteiger partial charge in [-0.2, -0.15) is 0 Å². The molecule has 0 amide bonds. The van der Waals surface area contributed by atoms with Gasteiger partial charge < -0.3 is 0 Å². The fraction of sp³-hybridized carbons (Fsp3) is 0.583. The van der Waals surface area contributed by atoms with Crippen LogP contribution < -0.4 is 0 Å². The minimum absolute atomic E-state index is 0.0529. The van der Waals surface area contributed by atoms with Crippen LogP contribution in [0.25, 0.3) is 0 Å². The highest BCUT2D eigenvalue weighted by Crippen LogP contribution is 2.17. The van der Waals surface area contributed by atoms with Gasteiger partial charge in [0.2, 0.25) is 0 Å². The third-order valence-electron chi connectivity index (χ3n) is 2.50. The summed E-state index contributed by atoms with van der Waals surface area (Å²) in [7, 11) is 0. The molecule has 0 saturated carbocycles. The minimum Gasteiger partial charge on any atom is -0.287 e. The second-order valence-corrected chi connectivity index (χ2v) is 4.39. The van der Waals surface area contributed by atoms with E-state index in [4.69, 9.17) is 0 Å². The van der Waals surface area contributed by atoms with Crippen LogP contribution >= 0.6 is 0 Å². The minimum atomic E-state index is -0.0529. The van der Waals surface area contributed by atoms with Crippen LogP contribution in [0.4, 0.5) is 0 Å². The molecule has 0 radical (unpaired) electrons. The van der Waals surface area contributed by atoms with Crippen LogP contribution in [0.2, 0.25) is 0 Å². The largest absolute Gasteiger partial charge is 0.287 e. The Morgan fingerprint density at radius 1 is 1.08 bits per heavy atom. The van der Waals surface area contributed by atoms with Gasteiger partial charge in [0.1, 0.15) is 0 Å². The lowest BCUT2D eigenvalue weighted by atomic mass is 9.97. The molecule has 72 valence electrons. The van der Waals surface area contributed by atoms with Crippen molar-refractivity contribution in [2.24, 2.45) is 16.8 Å². The van der Waals surface area contributed by atoms with Crippen LogP contribution in [0.15, 0.2) is 29.3 Å². The van der Waals surface area contributed by atoms with Crippen molar-refractivity contribution >= 4 is 6.21 Å². The van der Waals surface area contributed by atoms with Crippen molar-refractivity contribution in [1.29, 1.82) is 0 Å². The summed E-state index contributed by atoms with van der Waals surface area (Å²) in [5, 5.41) is 0. The molecule has 0 fully saturated rings. The topological polar surface area (TPSA) is 12.4 Å². The normalized spacial score (nSPS) is 37.2. The van der Waals surface area contributed by atoms with Gasteiger partial charge in [-0.15, -0.1) is 0 Å². The van der Waals surface area contributed by atoms with Gasteiger partial charge in [-0.25, -0.2) is 0 Å². The summed E-state index contributed by atoms with van der Waals surface area (Å²) in [6, 6.07) is 0. The second kappa shape index (κ2) is 3.91. The van der Waals surface area contributed by atoms with Crippen LogP contribution in [0.5, 0.6) is 0 Å². The Morgan fingerprint density at radius 3 is 2.46 bits per heavy atom. The van der Waals surface area contributed by atoms with Gasteiger partial charge in [-0.3, -0.25) is 4.99 Å². The molecule has 0 aliphatic carbocycles. The van der Waals surface area contributed by atoms with E-state index >= 15 is 0 Å². The Bertz CT molecular complexity index is 246. The lowest BCUT2D eigenvalue weighted by Gasteiger charge is -2.15. The predicted molar refractivity (Wildman–Crippen MR) is 59.2 cm³/mol. The second-order valence-electron chi connectivity index (χ2n) is 4.39. The van der Waals surface area contributed by atoms with Gasteiger partial charge in [0.15, 0.2) is 0 Å². The molecule has 1 rings (SSSR count). The van der Waals surface area contributed by atoms with E-state index in [9.17, 15) is 0 Å². The molecule has 2 atom stereocenters. The van der Waals surface area contributed by atoms with Crippen LogP contribution in [0.3, 0.4) is 0 Å². The Hall–Kier alpha value is -0.850. The zero-order chi connectivity index (χ0) is 9.90. The first-order valence-electron chi connectivity index (χ1n) is 4.93. The Kier molecular flexibility index (Phi) is 3.07. The van der Waals surface area contributed by atoms with E-state index in [1.165, 1.54) is 0 Å². The quantitative estimate of drug-likeness (QED) is 0.538. The maximum atomic E-state index is 4.56. The average Bonchev–Trinajstić information content (AvgIpc) is 2.11. The SMILES string of the molecule is CC1C=NC(C)(C)/C=C\C=C/C1C. The summed E-state index contributed by atoms with van der Waals surface area (Å²) >= 11 is 0. The summed E-state index contributed by atoms with van der Waals surface area (Å²) < 4.78 is 0. The molecule has 2 unspecified atom stereocenters. The number of hydrogen-bond acceptors (Lipinski definition) is 1. The number of nitrogens with zero attached hydrogens (tertiary/aromatic N) is 1. The monoisotopic (exact) mass is 177 g/mol. The third-order valence-corrected chi connectivity index (χ3v) is 2.50. The van der Waals surface area contributed by atoms with Crippen molar-refractivity contribution in [2.45, 2.75) is 33.2 Å². The number of allylic oxidation sites excluding steroid dienone is 3. The molecule has 1 heterocycles. The lowest BCUT2D eigenvalue weighted by molar-refractivity contribution is 0.586. The molecule has 0 bridgehead atoms. The molecule has 0 aromatic carbocycles. The molecule has 0 N–H and O–H groups in total. The predicted octanol–water partition coefficient (Wildman–Crippen LogP) is 3.23. The lowest BCUT2D eigenvalue weighted by Crippen LogP contribution is -2.15. The van der Waals surface area contributed by atoms with Crippen LogP contribution in [0, 0.1) is 11.8 Å². The summed E-state index contributed by atoms with van der Waals surface area (Å²) in [5.41, 5.74) is -0.0529. The number of hydrogen-bond donors (Lipinski definition) is 0. The Labute approximate surface area is 81.3 Å². The van der Waals surface area contributed by atoms with Crippen molar-refractivity contribution < 1.29 is 0 Å². The molecular weight excluding hydrogens is 158 g/mol. The first-order valence-corrected chi connectivity index (χ1v) is 4.93. The van der Waals surface area contributed by atoms with Crippen LogP contribution in [-0.2, 0) is 0 Å². The van der Waals surface area contributed by atoms with E-state index in [2.05, 4.69) is 63.2 Å². The zero-order valence-electron chi connectivity index (χ0n) is 8.99. The van der Waals surface area contributed by atoms with E-state index in [1.54, 1.807) is 0 Å². The molecule has 0 spiro atoms. The van der Waals surface area contributed by atoms with Crippen molar-refractivity contribution in [1.82, 2.24) is 0 Å². The van der Waals surface area contributed by atoms with Gasteiger partial charge >= 0.3 is 0 Å². The van der Waals surface area contributed by atoms with Crippen molar-refractivity contribution in [3.63, 3.8) is 0 Å². The molecule has 1 heteroatoms. The van der Waals surface area contributed by atoms with Crippen molar-refractivity contribution in [2.75, 3.05) is 0 Å². The molecule has 0 aromatic rings. The van der Waals surface area contributed by atoms with E-state index < -0.39 is 0 Å². The molecule has 0 aromatic heterocycles.